The van der Waals surface area contributed by atoms with E-state index < -0.39 is 0 Å². The quantitative estimate of drug-likeness (QED) is 0.479. The first-order valence-corrected chi connectivity index (χ1v) is 9.72. The topological polar surface area (TPSA) is 94.0 Å². The molecule has 2 aromatic heterocycles. The third-order valence-corrected chi connectivity index (χ3v) is 4.79. The average molecular weight is 414 g/mol. The van der Waals surface area contributed by atoms with Crippen LogP contribution in [0.15, 0.2) is 79.1 Å². The predicted octanol–water partition coefficient (Wildman–Crippen LogP) is 3.67. The first-order valence-electron chi connectivity index (χ1n) is 9.72. The van der Waals surface area contributed by atoms with Crippen molar-refractivity contribution in [3.63, 3.8) is 0 Å². The highest BCUT2D eigenvalue weighted by molar-refractivity contribution is 6.02. The number of aryl methyl sites for hydroxylation is 1. The Hall–Kier alpha value is -4.20. The van der Waals surface area contributed by atoms with Crippen LogP contribution < -0.4 is 15.4 Å². The number of anilines is 2. The standard InChI is InChI=1S/C23H22N6O2/c1-29-15-14-24-22(29)21(16-8-10-18(31-2)11-9-16)26-20-13-12-19(27-28-20)23(30)25-17-6-4-3-5-7-17/h3-15,21H,1-2H3,(H,25,30)(H,26,28). The van der Waals surface area contributed by atoms with E-state index in [9.17, 15) is 4.79 Å². The van der Waals surface area contributed by atoms with Gasteiger partial charge in [-0.15, -0.1) is 10.2 Å². The first kappa shape index (κ1) is 20.1. The van der Waals surface area contributed by atoms with Crippen LogP contribution in [0.1, 0.15) is 27.9 Å². The number of aromatic nitrogens is 4. The van der Waals surface area contributed by atoms with Crippen molar-refractivity contribution in [1.29, 1.82) is 0 Å². The zero-order chi connectivity index (χ0) is 21.6. The zero-order valence-electron chi connectivity index (χ0n) is 17.2. The molecule has 0 radical (unpaired) electrons. The molecule has 2 heterocycles. The molecule has 2 aromatic carbocycles. The molecule has 8 nitrogen and oxygen atoms in total. The van der Waals surface area contributed by atoms with E-state index in [4.69, 9.17) is 4.74 Å². The van der Waals surface area contributed by atoms with Gasteiger partial charge in [-0.2, -0.15) is 0 Å². The fourth-order valence-corrected chi connectivity index (χ4v) is 3.14. The van der Waals surface area contributed by atoms with Gasteiger partial charge in [0.25, 0.3) is 5.91 Å². The number of carbonyl (C=O) groups excluding carboxylic acids is 1. The molecule has 0 aliphatic heterocycles. The van der Waals surface area contributed by atoms with Gasteiger partial charge in [-0.1, -0.05) is 30.3 Å². The Morgan fingerprint density at radius 1 is 1.00 bits per heavy atom. The fraction of sp³-hybridized carbons (Fsp3) is 0.130. The molecule has 8 heteroatoms. The van der Waals surface area contributed by atoms with Gasteiger partial charge in [0.2, 0.25) is 0 Å². The second-order valence-electron chi connectivity index (χ2n) is 6.87. The van der Waals surface area contributed by atoms with Crippen LogP contribution in [0.25, 0.3) is 0 Å². The Balaban J connectivity index is 1.54. The largest absolute Gasteiger partial charge is 0.497 e. The molecule has 0 aliphatic carbocycles. The molecule has 156 valence electrons. The van der Waals surface area contributed by atoms with Crippen LogP contribution in [0, 0.1) is 0 Å². The lowest BCUT2D eigenvalue weighted by Gasteiger charge is -2.19. The molecule has 4 aromatic rings. The maximum Gasteiger partial charge on any atom is 0.276 e. The van der Waals surface area contributed by atoms with Crippen LogP contribution in [0.3, 0.4) is 0 Å². The highest BCUT2D eigenvalue weighted by Gasteiger charge is 2.19. The number of hydrogen-bond acceptors (Lipinski definition) is 6. The monoisotopic (exact) mass is 414 g/mol. The molecule has 2 N–H and O–H groups in total. The minimum Gasteiger partial charge on any atom is -0.497 e. The highest BCUT2D eigenvalue weighted by Crippen LogP contribution is 2.26. The molecule has 0 spiro atoms. The molecule has 4 rings (SSSR count). The van der Waals surface area contributed by atoms with Crippen LogP contribution >= 0.6 is 0 Å². The van der Waals surface area contributed by atoms with Gasteiger partial charge in [0.05, 0.1) is 7.11 Å². The summed E-state index contributed by atoms with van der Waals surface area (Å²) in [5.41, 5.74) is 1.92. The van der Waals surface area contributed by atoms with Crippen LogP contribution in [-0.2, 0) is 7.05 Å². The third-order valence-electron chi connectivity index (χ3n) is 4.79. The van der Waals surface area contributed by atoms with Gasteiger partial charge in [0.1, 0.15) is 23.4 Å². The SMILES string of the molecule is COc1ccc(C(Nc2ccc(C(=O)Nc3ccccc3)nn2)c2nccn2C)cc1. The minimum atomic E-state index is -0.318. The number of carbonyl (C=O) groups is 1. The van der Waals surface area contributed by atoms with E-state index in [1.807, 2.05) is 72.4 Å². The molecule has 1 amide bonds. The van der Waals surface area contributed by atoms with Crippen molar-refractivity contribution in [2.24, 2.45) is 7.05 Å². The number of hydrogen-bond donors (Lipinski definition) is 2. The molecular formula is C23H22N6O2. The summed E-state index contributed by atoms with van der Waals surface area (Å²) in [6, 6.07) is 20.1. The lowest BCUT2D eigenvalue weighted by molar-refractivity contribution is 0.102. The summed E-state index contributed by atoms with van der Waals surface area (Å²) in [5, 5.41) is 14.4. The van der Waals surface area contributed by atoms with Gasteiger partial charge in [0, 0.05) is 25.1 Å². The Morgan fingerprint density at radius 3 is 2.39 bits per heavy atom. The number of nitrogens with zero attached hydrogens (tertiary/aromatic N) is 4. The Bertz CT molecular complexity index is 1140. The maximum atomic E-state index is 12.4. The van der Waals surface area contributed by atoms with E-state index in [0.717, 1.165) is 17.1 Å². The Morgan fingerprint density at radius 2 is 1.77 bits per heavy atom. The lowest BCUT2D eigenvalue weighted by atomic mass is 10.1. The number of methoxy groups -OCH3 is 1. The molecule has 0 saturated carbocycles. The van der Waals surface area contributed by atoms with Crippen molar-refractivity contribution in [3.8, 4) is 5.75 Å². The predicted molar refractivity (Wildman–Crippen MR) is 118 cm³/mol. The van der Waals surface area contributed by atoms with E-state index >= 15 is 0 Å². The third kappa shape index (κ3) is 4.69. The first-order chi connectivity index (χ1) is 15.1. The summed E-state index contributed by atoms with van der Waals surface area (Å²) >= 11 is 0. The summed E-state index contributed by atoms with van der Waals surface area (Å²) in [6.07, 6.45) is 3.63. The van der Waals surface area contributed by atoms with E-state index in [1.165, 1.54) is 0 Å². The number of ether oxygens (including phenoxy) is 1. The van der Waals surface area contributed by atoms with Gasteiger partial charge in [-0.3, -0.25) is 4.79 Å². The van der Waals surface area contributed by atoms with Crippen molar-refractivity contribution in [3.05, 3.63) is 96.2 Å². The van der Waals surface area contributed by atoms with Crippen molar-refractivity contribution in [2.45, 2.75) is 6.04 Å². The molecule has 31 heavy (non-hydrogen) atoms. The van der Waals surface area contributed by atoms with E-state index in [2.05, 4.69) is 25.8 Å². The van der Waals surface area contributed by atoms with Gasteiger partial charge in [-0.05, 0) is 42.0 Å². The number of amides is 1. The summed E-state index contributed by atoms with van der Waals surface area (Å²) in [7, 11) is 3.57. The van der Waals surface area contributed by atoms with E-state index in [-0.39, 0.29) is 17.6 Å². The molecule has 0 bridgehead atoms. The van der Waals surface area contributed by atoms with E-state index in [1.54, 1.807) is 25.4 Å². The van der Waals surface area contributed by atoms with Crippen molar-refractivity contribution < 1.29 is 9.53 Å². The average Bonchev–Trinajstić information content (AvgIpc) is 3.24. The second-order valence-corrected chi connectivity index (χ2v) is 6.87. The second kappa shape index (κ2) is 9.08. The molecule has 0 saturated heterocycles. The van der Waals surface area contributed by atoms with Crippen LogP contribution in [0.4, 0.5) is 11.5 Å². The van der Waals surface area contributed by atoms with Gasteiger partial charge >= 0.3 is 0 Å². The number of benzene rings is 2. The lowest BCUT2D eigenvalue weighted by Crippen LogP contribution is -2.19. The molecule has 0 fully saturated rings. The van der Waals surface area contributed by atoms with Crippen molar-refractivity contribution in [1.82, 2.24) is 19.7 Å². The number of para-hydroxylation sites is 1. The Labute approximate surface area is 179 Å². The molecule has 0 aliphatic rings. The molecular weight excluding hydrogens is 392 g/mol. The van der Waals surface area contributed by atoms with Crippen LogP contribution in [-0.4, -0.2) is 32.8 Å². The van der Waals surface area contributed by atoms with Gasteiger partial charge < -0.3 is 19.9 Å². The Kier molecular flexibility index (Phi) is 5.89. The normalized spacial score (nSPS) is 11.5. The maximum absolute atomic E-state index is 12.4. The van der Waals surface area contributed by atoms with Crippen molar-refractivity contribution >= 4 is 17.4 Å². The highest BCUT2D eigenvalue weighted by atomic mass is 16.5. The van der Waals surface area contributed by atoms with Crippen LogP contribution in [0.2, 0.25) is 0 Å². The summed E-state index contributed by atoms with van der Waals surface area (Å²) in [5.74, 6) is 1.80. The zero-order valence-corrected chi connectivity index (χ0v) is 17.2. The summed E-state index contributed by atoms with van der Waals surface area (Å²) < 4.78 is 7.20. The minimum absolute atomic E-state index is 0.229. The van der Waals surface area contributed by atoms with E-state index in [0.29, 0.717) is 11.5 Å². The summed E-state index contributed by atoms with van der Waals surface area (Å²) in [4.78, 5) is 16.9. The smallest absolute Gasteiger partial charge is 0.276 e. The fourth-order valence-electron chi connectivity index (χ4n) is 3.14. The molecule has 1 atom stereocenters. The van der Waals surface area contributed by atoms with Gasteiger partial charge in [-0.25, -0.2) is 4.98 Å². The van der Waals surface area contributed by atoms with Crippen molar-refractivity contribution in [2.75, 3.05) is 17.7 Å². The molecule has 1 unspecified atom stereocenters. The van der Waals surface area contributed by atoms with Gasteiger partial charge in [0.15, 0.2) is 5.69 Å². The number of nitrogens with one attached hydrogen (secondary N) is 2. The number of imidazole rings is 1. The summed E-state index contributed by atoms with van der Waals surface area (Å²) in [6.45, 7) is 0. The number of rotatable bonds is 7. The van der Waals surface area contributed by atoms with Crippen LogP contribution in [0.5, 0.6) is 5.75 Å².